The van der Waals surface area contributed by atoms with Crippen molar-refractivity contribution in [3.05, 3.63) is 46.6 Å². The van der Waals surface area contributed by atoms with Gasteiger partial charge in [-0.25, -0.2) is 0 Å². The summed E-state index contributed by atoms with van der Waals surface area (Å²) in [6.45, 7) is 10.9. The maximum absolute atomic E-state index is 11.9. The third-order valence-corrected chi connectivity index (χ3v) is 3.50. The van der Waals surface area contributed by atoms with Gasteiger partial charge in [0.05, 0.1) is 0 Å². The first kappa shape index (κ1) is 16.9. The fraction of sp³-hybridized carbons (Fsp3) is 0.389. The molecule has 1 aromatic heterocycles. The molecule has 1 aromatic carbocycles. The average molecular weight is 312 g/mol. The number of carbonyl (C=O) groups excluding carboxylic acids is 1. The molecule has 2 N–H and O–H groups in total. The van der Waals surface area contributed by atoms with Gasteiger partial charge in [0.25, 0.3) is 5.91 Å². The third kappa shape index (κ3) is 4.52. The second kappa shape index (κ2) is 7.22. The minimum Gasteiger partial charge on any atom is -0.350 e. The van der Waals surface area contributed by atoms with Crippen LogP contribution in [-0.4, -0.2) is 22.6 Å². The van der Waals surface area contributed by atoms with E-state index in [4.69, 9.17) is 0 Å². The summed E-state index contributed by atoms with van der Waals surface area (Å²) >= 11 is 0. The Balaban J connectivity index is 2.10. The fourth-order valence-electron chi connectivity index (χ4n) is 2.41. The summed E-state index contributed by atoms with van der Waals surface area (Å²) in [5, 5.41) is 14.2. The first-order valence-electron chi connectivity index (χ1n) is 7.83. The Morgan fingerprint density at radius 3 is 2.26 bits per heavy atom. The van der Waals surface area contributed by atoms with Gasteiger partial charge in [0.1, 0.15) is 0 Å². The van der Waals surface area contributed by atoms with Crippen LogP contribution in [0.15, 0.2) is 24.3 Å². The zero-order valence-corrected chi connectivity index (χ0v) is 14.4. The van der Waals surface area contributed by atoms with Gasteiger partial charge in [-0.05, 0) is 49.9 Å². The number of hydrogen-bond donors (Lipinski definition) is 2. The van der Waals surface area contributed by atoms with Crippen LogP contribution in [-0.2, 0) is 0 Å². The minimum absolute atomic E-state index is 0.194. The number of benzene rings is 1. The Kier molecular flexibility index (Phi) is 5.32. The summed E-state index contributed by atoms with van der Waals surface area (Å²) in [5.41, 5.74) is 4.90. The maximum atomic E-state index is 11.9. The number of anilines is 2. The topological polar surface area (TPSA) is 66.9 Å². The van der Waals surface area contributed by atoms with E-state index in [1.54, 1.807) is 12.1 Å². The van der Waals surface area contributed by atoms with Crippen molar-refractivity contribution in [2.24, 2.45) is 5.92 Å². The van der Waals surface area contributed by atoms with Gasteiger partial charge >= 0.3 is 0 Å². The van der Waals surface area contributed by atoms with E-state index in [1.165, 1.54) is 5.56 Å². The van der Waals surface area contributed by atoms with Crippen LogP contribution >= 0.6 is 0 Å². The Morgan fingerprint density at radius 2 is 1.74 bits per heavy atom. The van der Waals surface area contributed by atoms with E-state index in [0.29, 0.717) is 24.0 Å². The normalized spacial score (nSPS) is 10.7. The van der Waals surface area contributed by atoms with Crippen molar-refractivity contribution in [2.45, 2.75) is 34.6 Å². The van der Waals surface area contributed by atoms with Gasteiger partial charge in [-0.1, -0.05) is 31.5 Å². The van der Waals surface area contributed by atoms with E-state index >= 15 is 0 Å². The lowest BCUT2D eigenvalue weighted by atomic mass is 10.1. The monoisotopic (exact) mass is 312 g/mol. The van der Waals surface area contributed by atoms with Crippen LogP contribution in [0.5, 0.6) is 0 Å². The molecule has 0 aliphatic heterocycles. The van der Waals surface area contributed by atoms with Crippen LogP contribution in [0, 0.1) is 26.7 Å². The summed E-state index contributed by atoms with van der Waals surface area (Å²) in [4.78, 5) is 11.9. The predicted octanol–water partition coefficient (Wildman–Crippen LogP) is 3.53. The first-order valence-corrected chi connectivity index (χ1v) is 7.83. The van der Waals surface area contributed by atoms with Crippen molar-refractivity contribution >= 4 is 17.4 Å². The molecule has 5 nitrogen and oxygen atoms in total. The average Bonchev–Trinajstić information content (AvgIpc) is 2.49. The van der Waals surface area contributed by atoms with Crippen LogP contribution in [0.1, 0.15) is 41.0 Å². The molecule has 0 atom stereocenters. The zero-order valence-electron chi connectivity index (χ0n) is 14.4. The molecule has 5 heteroatoms. The molecular formula is C18H24N4O. The van der Waals surface area contributed by atoms with Crippen molar-refractivity contribution in [1.29, 1.82) is 0 Å². The lowest BCUT2D eigenvalue weighted by molar-refractivity contribution is 0.0943. The van der Waals surface area contributed by atoms with E-state index in [-0.39, 0.29) is 5.91 Å². The van der Waals surface area contributed by atoms with Crippen LogP contribution < -0.4 is 10.6 Å². The Hall–Kier alpha value is -2.43. The molecule has 0 unspecified atom stereocenters. The highest BCUT2D eigenvalue weighted by Gasteiger charge is 2.10. The van der Waals surface area contributed by atoms with Gasteiger partial charge in [-0.15, -0.1) is 10.2 Å². The highest BCUT2D eigenvalue weighted by atomic mass is 16.1. The van der Waals surface area contributed by atoms with Crippen LogP contribution in [0.3, 0.4) is 0 Å². The quantitative estimate of drug-likeness (QED) is 0.886. The largest absolute Gasteiger partial charge is 0.350 e. The van der Waals surface area contributed by atoms with Gasteiger partial charge in [0, 0.05) is 12.2 Å². The number of hydrogen-bond acceptors (Lipinski definition) is 4. The molecule has 1 heterocycles. The number of rotatable bonds is 5. The molecule has 0 spiro atoms. The zero-order chi connectivity index (χ0) is 17.0. The number of aromatic nitrogens is 2. The standard InChI is InChI=1S/C18H24N4O/c1-11(2)10-19-18(23)15-6-7-16(22-21-15)20-17-13(4)8-12(3)9-14(17)5/h6-9,11H,10H2,1-5H3,(H,19,23)(H,20,22). The van der Waals surface area contributed by atoms with Crippen LogP contribution in [0.4, 0.5) is 11.5 Å². The molecule has 122 valence electrons. The van der Waals surface area contributed by atoms with Gasteiger partial charge in [-0.3, -0.25) is 4.79 Å². The molecule has 2 rings (SSSR count). The van der Waals surface area contributed by atoms with Gasteiger partial charge < -0.3 is 10.6 Å². The molecule has 0 fully saturated rings. The van der Waals surface area contributed by atoms with E-state index in [2.05, 4.69) is 53.7 Å². The second-order valence-corrected chi connectivity index (χ2v) is 6.31. The van der Waals surface area contributed by atoms with E-state index in [9.17, 15) is 4.79 Å². The second-order valence-electron chi connectivity index (χ2n) is 6.31. The molecule has 0 aliphatic carbocycles. The number of nitrogens with one attached hydrogen (secondary N) is 2. The number of carbonyl (C=O) groups is 1. The van der Waals surface area contributed by atoms with Crippen LogP contribution in [0.25, 0.3) is 0 Å². The summed E-state index contributed by atoms with van der Waals surface area (Å²) in [6.07, 6.45) is 0. The lowest BCUT2D eigenvalue weighted by Gasteiger charge is -2.13. The minimum atomic E-state index is -0.194. The Labute approximate surface area is 137 Å². The SMILES string of the molecule is Cc1cc(C)c(Nc2ccc(C(=O)NCC(C)C)nn2)c(C)c1. The number of amides is 1. The molecule has 23 heavy (non-hydrogen) atoms. The molecule has 1 amide bonds. The molecule has 0 radical (unpaired) electrons. The fourth-order valence-corrected chi connectivity index (χ4v) is 2.41. The van der Waals surface area contributed by atoms with Crippen molar-refractivity contribution in [1.82, 2.24) is 15.5 Å². The number of aryl methyl sites for hydroxylation is 3. The van der Waals surface area contributed by atoms with Crippen molar-refractivity contribution < 1.29 is 4.79 Å². The third-order valence-electron chi connectivity index (χ3n) is 3.50. The van der Waals surface area contributed by atoms with Gasteiger partial charge in [0.2, 0.25) is 0 Å². The summed E-state index contributed by atoms with van der Waals surface area (Å²) in [5.74, 6) is 0.834. The van der Waals surface area contributed by atoms with Crippen molar-refractivity contribution in [2.75, 3.05) is 11.9 Å². The van der Waals surface area contributed by atoms with Gasteiger partial charge in [0.15, 0.2) is 11.5 Å². The number of nitrogens with zero attached hydrogens (tertiary/aromatic N) is 2. The molecular weight excluding hydrogens is 288 g/mol. The van der Waals surface area contributed by atoms with Gasteiger partial charge in [-0.2, -0.15) is 0 Å². The van der Waals surface area contributed by atoms with Crippen molar-refractivity contribution in [3.8, 4) is 0 Å². The highest BCUT2D eigenvalue weighted by molar-refractivity contribution is 5.92. The molecule has 0 bridgehead atoms. The van der Waals surface area contributed by atoms with E-state index < -0.39 is 0 Å². The lowest BCUT2D eigenvalue weighted by Crippen LogP contribution is -2.28. The maximum Gasteiger partial charge on any atom is 0.271 e. The molecule has 0 saturated heterocycles. The summed E-state index contributed by atoms with van der Waals surface area (Å²) in [6, 6.07) is 7.70. The van der Waals surface area contributed by atoms with E-state index in [0.717, 1.165) is 16.8 Å². The first-order chi connectivity index (χ1) is 10.9. The Morgan fingerprint density at radius 1 is 1.09 bits per heavy atom. The summed E-state index contributed by atoms with van der Waals surface area (Å²) < 4.78 is 0. The van der Waals surface area contributed by atoms with Crippen molar-refractivity contribution in [3.63, 3.8) is 0 Å². The molecule has 0 aliphatic rings. The highest BCUT2D eigenvalue weighted by Crippen LogP contribution is 2.24. The smallest absolute Gasteiger partial charge is 0.271 e. The van der Waals surface area contributed by atoms with Crippen LogP contribution in [0.2, 0.25) is 0 Å². The summed E-state index contributed by atoms with van der Waals surface area (Å²) in [7, 11) is 0. The Bertz CT molecular complexity index is 670. The van der Waals surface area contributed by atoms with E-state index in [1.807, 2.05) is 13.8 Å². The molecule has 0 saturated carbocycles. The predicted molar refractivity (Wildman–Crippen MR) is 93.1 cm³/mol. The molecule has 2 aromatic rings.